The molecular weight excluding hydrogens is 380 g/mol. The number of amides is 1. The van der Waals surface area contributed by atoms with Crippen LogP contribution in [0.1, 0.15) is 29.9 Å². The second-order valence-corrected chi connectivity index (χ2v) is 7.45. The van der Waals surface area contributed by atoms with Crippen LogP contribution in [0, 0.1) is 20.8 Å². The standard InChI is InChI=1S/C23H22N4O3/c1-13-9-10-14(2)19(11-13)21-17-7-5-6-8-18(17)23(29)27(25-21)16(4)22(28)24-20-12-15(3)30-26-20/h5-12,16H,1-4H3,(H,24,26,28)/t16-/m0/s1. The molecule has 152 valence electrons. The van der Waals surface area contributed by atoms with Gasteiger partial charge in [-0.25, -0.2) is 4.68 Å². The third-order valence-corrected chi connectivity index (χ3v) is 5.10. The quantitative estimate of drug-likeness (QED) is 0.553. The number of hydrogen-bond acceptors (Lipinski definition) is 5. The Kier molecular flexibility index (Phi) is 4.95. The van der Waals surface area contributed by atoms with Crippen molar-refractivity contribution >= 4 is 22.5 Å². The monoisotopic (exact) mass is 402 g/mol. The molecule has 2 heterocycles. The first-order valence-corrected chi connectivity index (χ1v) is 9.68. The number of aryl methyl sites for hydroxylation is 3. The van der Waals surface area contributed by atoms with Crippen LogP contribution in [-0.2, 0) is 4.79 Å². The van der Waals surface area contributed by atoms with E-state index in [9.17, 15) is 9.59 Å². The first kappa shape index (κ1) is 19.6. The Bertz CT molecular complexity index is 1320. The van der Waals surface area contributed by atoms with E-state index in [0.717, 1.165) is 22.1 Å². The van der Waals surface area contributed by atoms with Crippen LogP contribution in [0.2, 0.25) is 0 Å². The van der Waals surface area contributed by atoms with Gasteiger partial charge in [-0.3, -0.25) is 9.59 Å². The van der Waals surface area contributed by atoms with E-state index in [2.05, 4.69) is 15.6 Å². The van der Waals surface area contributed by atoms with E-state index in [0.29, 0.717) is 22.7 Å². The molecule has 1 N–H and O–H groups in total. The molecule has 0 fully saturated rings. The summed E-state index contributed by atoms with van der Waals surface area (Å²) < 4.78 is 6.22. The number of fused-ring (bicyclic) bond motifs is 1. The molecular formula is C23H22N4O3. The van der Waals surface area contributed by atoms with Crippen molar-refractivity contribution in [3.05, 3.63) is 75.8 Å². The number of nitrogens with zero attached hydrogens (tertiary/aromatic N) is 3. The maximum Gasteiger partial charge on any atom is 0.275 e. The smallest absolute Gasteiger partial charge is 0.275 e. The van der Waals surface area contributed by atoms with Crippen LogP contribution in [0.15, 0.2) is 57.8 Å². The Balaban J connectivity index is 1.86. The summed E-state index contributed by atoms with van der Waals surface area (Å²) in [6, 6.07) is 14.2. The van der Waals surface area contributed by atoms with Gasteiger partial charge < -0.3 is 9.84 Å². The lowest BCUT2D eigenvalue weighted by atomic mass is 9.99. The Hall–Kier alpha value is -3.74. The zero-order valence-electron chi connectivity index (χ0n) is 17.3. The third-order valence-electron chi connectivity index (χ3n) is 5.10. The van der Waals surface area contributed by atoms with E-state index in [4.69, 9.17) is 4.52 Å². The van der Waals surface area contributed by atoms with E-state index in [-0.39, 0.29) is 5.56 Å². The number of aromatic nitrogens is 3. The highest BCUT2D eigenvalue weighted by Crippen LogP contribution is 2.29. The summed E-state index contributed by atoms with van der Waals surface area (Å²) >= 11 is 0. The maximum atomic E-state index is 13.2. The number of carbonyl (C=O) groups excluding carboxylic acids is 1. The second kappa shape index (κ2) is 7.59. The van der Waals surface area contributed by atoms with Crippen molar-refractivity contribution in [1.82, 2.24) is 14.9 Å². The van der Waals surface area contributed by atoms with E-state index in [1.54, 1.807) is 26.0 Å². The predicted octanol–water partition coefficient (Wildman–Crippen LogP) is 4.18. The molecule has 0 spiro atoms. The minimum absolute atomic E-state index is 0.299. The van der Waals surface area contributed by atoms with Crippen LogP contribution < -0.4 is 10.9 Å². The summed E-state index contributed by atoms with van der Waals surface area (Å²) in [5, 5.41) is 12.4. The Labute approximate surface area is 173 Å². The molecule has 0 bridgehead atoms. The molecule has 0 aliphatic carbocycles. The molecule has 0 radical (unpaired) electrons. The topological polar surface area (TPSA) is 90.0 Å². The van der Waals surface area contributed by atoms with Crippen LogP contribution in [0.5, 0.6) is 0 Å². The highest BCUT2D eigenvalue weighted by Gasteiger charge is 2.22. The molecule has 0 aliphatic rings. The van der Waals surface area contributed by atoms with Crippen molar-refractivity contribution in [3.8, 4) is 11.3 Å². The molecule has 0 saturated heterocycles. The molecule has 1 atom stereocenters. The Morgan fingerprint density at radius 3 is 2.50 bits per heavy atom. The van der Waals surface area contributed by atoms with Crippen molar-refractivity contribution in [2.24, 2.45) is 0 Å². The van der Waals surface area contributed by atoms with Crippen LogP contribution in [0.3, 0.4) is 0 Å². The van der Waals surface area contributed by atoms with Gasteiger partial charge in [0, 0.05) is 17.0 Å². The van der Waals surface area contributed by atoms with Gasteiger partial charge in [0.15, 0.2) is 5.82 Å². The number of benzene rings is 2. The summed E-state index contributed by atoms with van der Waals surface area (Å²) in [5.41, 5.74) is 3.41. The van der Waals surface area contributed by atoms with Crippen molar-refractivity contribution in [2.75, 3.05) is 5.32 Å². The average molecular weight is 402 g/mol. The van der Waals surface area contributed by atoms with Crippen molar-refractivity contribution in [1.29, 1.82) is 0 Å². The molecule has 2 aromatic heterocycles. The van der Waals surface area contributed by atoms with Crippen molar-refractivity contribution in [2.45, 2.75) is 33.7 Å². The summed E-state index contributed by atoms with van der Waals surface area (Å²) in [6.45, 7) is 7.39. The van der Waals surface area contributed by atoms with Crippen molar-refractivity contribution < 1.29 is 9.32 Å². The Morgan fingerprint density at radius 2 is 1.80 bits per heavy atom. The predicted molar refractivity (Wildman–Crippen MR) is 115 cm³/mol. The molecule has 4 rings (SSSR count). The fraction of sp³-hybridized carbons (Fsp3) is 0.217. The van der Waals surface area contributed by atoms with Gasteiger partial charge in [0.05, 0.1) is 11.1 Å². The van der Waals surface area contributed by atoms with Gasteiger partial charge in [0.1, 0.15) is 11.8 Å². The third kappa shape index (κ3) is 3.50. The number of rotatable bonds is 4. The van der Waals surface area contributed by atoms with Gasteiger partial charge in [-0.2, -0.15) is 5.10 Å². The van der Waals surface area contributed by atoms with Crippen LogP contribution >= 0.6 is 0 Å². The number of carbonyl (C=O) groups is 1. The normalized spacial score (nSPS) is 12.1. The van der Waals surface area contributed by atoms with Gasteiger partial charge in [-0.15, -0.1) is 0 Å². The van der Waals surface area contributed by atoms with Gasteiger partial charge in [-0.05, 0) is 45.4 Å². The molecule has 7 nitrogen and oxygen atoms in total. The van der Waals surface area contributed by atoms with Crippen LogP contribution in [0.4, 0.5) is 5.82 Å². The summed E-state index contributed by atoms with van der Waals surface area (Å²) in [6.07, 6.45) is 0. The lowest BCUT2D eigenvalue weighted by Gasteiger charge is -2.17. The molecule has 2 aromatic carbocycles. The maximum absolute atomic E-state index is 13.2. The number of hydrogen-bond donors (Lipinski definition) is 1. The largest absolute Gasteiger partial charge is 0.360 e. The van der Waals surface area contributed by atoms with E-state index >= 15 is 0 Å². The van der Waals surface area contributed by atoms with Crippen LogP contribution in [0.25, 0.3) is 22.0 Å². The molecule has 0 saturated carbocycles. The molecule has 30 heavy (non-hydrogen) atoms. The first-order chi connectivity index (χ1) is 14.3. The van der Waals surface area contributed by atoms with E-state index in [1.165, 1.54) is 4.68 Å². The SMILES string of the molecule is Cc1ccc(C)c(-c2nn([C@@H](C)C(=O)Nc3cc(C)on3)c(=O)c3ccccc23)c1. The van der Waals surface area contributed by atoms with E-state index in [1.807, 2.05) is 50.2 Å². The van der Waals surface area contributed by atoms with E-state index < -0.39 is 11.9 Å². The first-order valence-electron chi connectivity index (χ1n) is 9.68. The zero-order chi connectivity index (χ0) is 21.4. The molecule has 4 aromatic rings. The highest BCUT2D eigenvalue weighted by molar-refractivity contribution is 5.96. The van der Waals surface area contributed by atoms with Gasteiger partial charge in [0.25, 0.3) is 5.56 Å². The average Bonchev–Trinajstić information content (AvgIpc) is 3.14. The van der Waals surface area contributed by atoms with Crippen LogP contribution in [-0.4, -0.2) is 20.8 Å². The molecule has 0 aliphatic heterocycles. The lowest BCUT2D eigenvalue weighted by Crippen LogP contribution is -2.34. The number of nitrogens with one attached hydrogen (secondary N) is 1. The summed E-state index contributed by atoms with van der Waals surface area (Å²) in [5.74, 6) is 0.476. The summed E-state index contributed by atoms with van der Waals surface area (Å²) in [4.78, 5) is 25.9. The summed E-state index contributed by atoms with van der Waals surface area (Å²) in [7, 11) is 0. The zero-order valence-corrected chi connectivity index (χ0v) is 17.3. The fourth-order valence-corrected chi connectivity index (χ4v) is 3.43. The lowest BCUT2D eigenvalue weighted by molar-refractivity contribution is -0.119. The minimum Gasteiger partial charge on any atom is -0.360 e. The molecule has 1 amide bonds. The minimum atomic E-state index is -0.844. The second-order valence-electron chi connectivity index (χ2n) is 7.45. The van der Waals surface area contributed by atoms with Gasteiger partial charge >= 0.3 is 0 Å². The Morgan fingerprint density at radius 1 is 1.07 bits per heavy atom. The fourth-order valence-electron chi connectivity index (χ4n) is 3.43. The molecule has 7 heteroatoms. The van der Waals surface area contributed by atoms with Crippen molar-refractivity contribution in [3.63, 3.8) is 0 Å². The highest BCUT2D eigenvalue weighted by atomic mass is 16.5. The molecule has 0 unspecified atom stereocenters. The van der Waals surface area contributed by atoms with Gasteiger partial charge in [0.2, 0.25) is 5.91 Å². The number of anilines is 1. The van der Waals surface area contributed by atoms with Gasteiger partial charge in [-0.1, -0.05) is 41.1 Å².